The molecule has 24 heavy (non-hydrogen) atoms. The van der Waals surface area contributed by atoms with Crippen LogP contribution in [0, 0.1) is 18.3 Å². The highest BCUT2D eigenvalue weighted by atomic mass is 16.3. The number of carbonyl (C=O) groups excluding carboxylic acids is 1. The number of imidazole rings is 1. The number of hydrogen-bond acceptors (Lipinski definition) is 4. The lowest BCUT2D eigenvalue weighted by molar-refractivity contribution is -0.123. The van der Waals surface area contributed by atoms with Crippen molar-refractivity contribution in [2.24, 2.45) is 11.3 Å². The monoisotopic (exact) mass is 334 g/mol. The quantitative estimate of drug-likeness (QED) is 0.848. The fourth-order valence-electron chi connectivity index (χ4n) is 5.02. The summed E-state index contributed by atoms with van der Waals surface area (Å²) in [5.41, 5.74) is 0.159. The fraction of sp³-hybridized carbons (Fsp3) is 0.778. The molecule has 4 atom stereocenters. The van der Waals surface area contributed by atoms with Gasteiger partial charge in [0.1, 0.15) is 12.4 Å². The average molecular weight is 334 g/mol. The van der Waals surface area contributed by atoms with Crippen LogP contribution in [-0.2, 0) is 11.3 Å². The van der Waals surface area contributed by atoms with Crippen molar-refractivity contribution < 1.29 is 9.90 Å². The zero-order valence-electron chi connectivity index (χ0n) is 15.2. The van der Waals surface area contributed by atoms with Crippen LogP contribution in [0.5, 0.6) is 0 Å². The molecule has 2 unspecified atom stereocenters. The Labute approximate surface area is 144 Å². The second kappa shape index (κ2) is 6.48. The molecule has 0 radical (unpaired) electrons. The molecule has 1 aliphatic heterocycles. The van der Waals surface area contributed by atoms with Gasteiger partial charge in [0.2, 0.25) is 5.91 Å². The third kappa shape index (κ3) is 2.97. The summed E-state index contributed by atoms with van der Waals surface area (Å²) in [7, 11) is 0. The lowest BCUT2D eigenvalue weighted by atomic mass is 9.65. The number of nitrogens with zero attached hydrogens (tertiary/aromatic N) is 3. The molecule has 3 rings (SSSR count). The van der Waals surface area contributed by atoms with Crippen molar-refractivity contribution in [2.45, 2.75) is 65.3 Å². The molecule has 2 N–H and O–H groups in total. The molecule has 1 aromatic rings. The number of aliphatic hydroxyl groups is 1. The minimum atomic E-state index is -0.446. The van der Waals surface area contributed by atoms with E-state index in [-0.39, 0.29) is 23.9 Å². The fourth-order valence-corrected chi connectivity index (χ4v) is 5.02. The third-order valence-corrected chi connectivity index (χ3v) is 5.87. The maximum absolute atomic E-state index is 12.3. The number of aromatic nitrogens is 2. The van der Waals surface area contributed by atoms with Gasteiger partial charge < -0.3 is 15.0 Å². The predicted molar refractivity (Wildman–Crippen MR) is 92.4 cm³/mol. The van der Waals surface area contributed by atoms with Crippen molar-refractivity contribution in [1.82, 2.24) is 19.8 Å². The van der Waals surface area contributed by atoms with Crippen molar-refractivity contribution in [3.63, 3.8) is 0 Å². The van der Waals surface area contributed by atoms with E-state index in [1.165, 1.54) is 0 Å². The summed E-state index contributed by atoms with van der Waals surface area (Å²) < 4.78 is 1.82. The summed E-state index contributed by atoms with van der Waals surface area (Å²) in [6, 6.07) is 0.372. The molecule has 0 aromatic carbocycles. The SMILES string of the molecule is CCN1CC2(C[C@@H](O)[C@H](NC(=O)Cn3ccnc3C)C2)C1C(C)C. The molecule has 6 heteroatoms. The molecule has 2 heterocycles. The number of aliphatic hydroxyl groups excluding tert-OH is 1. The van der Waals surface area contributed by atoms with E-state index in [0.717, 1.165) is 31.8 Å². The van der Waals surface area contributed by atoms with Crippen LogP contribution in [0.4, 0.5) is 0 Å². The Morgan fingerprint density at radius 1 is 1.50 bits per heavy atom. The van der Waals surface area contributed by atoms with E-state index in [4.69, 9.17) is 0 Å². The van der Waals surface area contributed by atoms with Crippen LogP contribution >= 0.6 is 0 Å². The van der Waals surface area contributed by atoms with Gasteiger partial charge in [-0.3, -0.25) is 9.69 Å². The van der Waals surface area contributed by atoms with E-state index in [1.807, 2.05) is 11.5 Å². The maximum atomic E-state index is 12.3. The first kappa shape index (κ1) is 17.4. The Kier molecular flexibility index (Phi) is 4.71. The number of amides is 1. The van der Waals surface area contributed by atoms with Gasteiger partial charge in [0.25, 0.3) is 0 Å². The van der Waals surface area contributed by atoms with Crippen LogP contribution in [0.3, 0.4) is 0 Å². The van der Waals surface area contributed by atoms with E-state index in [0.29, 0.717) is 12.0 Å². The lowest BCUT2D eigenvalue weighted by Gasteiger charge is -2.58. The predicted octanol–water partition coefficient (Wildman–Crippen LogP) is 1.18. The molecule has 2 fully saturated rings. The van der Waals surface area contributed by atoms with Gasteiger partial charge in [0, 0.05) is 30.4 Å². The molecular weight excluding hydrogens is 304 g/mol. The first-order valence-corrected chi connectivity index (χ1v) is 9.05. The normalized spacial score (nSPS) is 33.2. The number of likely N-dealkylation sites (tertiary alicyclic amines) is 1. The summed E-state index contributed by atoms with van der Waals surface area (Å²) in [6.07, 6.45) is 4.73. The van der Waals surface area contributed by atoms with E-state index < -0.39 is 6.10 Å². The zero-order valence-corrected chi connectivity index (χ0v) is 15.2. The third-order valence-electron chi connectivity index (χ3n) is 5.87. The van der Waals surface area contributed by atoms with Gasteiger partial charge >= 0.3 is 0 Å². The van der Waals surface area contributed by atoms with Gasteiger partial charge in [-0.25, -0.2) is 4.98 Å². The van der Waals surface area contributed by atoms with E-state index in [1.54, 1.807) is 12.4 Å². The van der Waals surface area contributed by atoms with Gasteiger partial charge in [-0.05, 0) is 32.2 Å². The molecule has 1 spiro atoms. The van der Waals surface area contributed by atoms with E-state index in [2.05, 4.69) is 36.0 Å². The summed E-state index contributed by atoms with van der Waals surface area (Å²) in [6.45, 7) is 10.9. The highest BCUT2D eigenvalue weighted by Crippen LogP contribution is 2.52. The standard InChI is InChI=1S/C18H30N4O2/c1-5-21-11-18(17(21)12(2)3)8-14(15(23)9-18)20-16(24)10-22-7-6-19-13(22)4/h6-7,12,14-15,17,23H,5,8-11H2,1-4H3,(H,20,24)/t14-,15-,17?,18?/m1/s1. The molecule has 1 aromatic heterocycles. The highest BCUT2D eigenvalue weighted by Gasteiger charge is 2.58. The van der Waals surface area contributed by atoms with Crippen LogP contribution in [0.15, 0.2) is 12.4 Å². The van der Waals surface area contributed by atoms with Gasteiger partial charge in [-0.2, -0.15) is 0 Å². The average Bonchev–Trinajstić information content (AvgIpc) is 3.02. The minimum Gasteiger partial charge on any atom is -0.391 e. The minimum absolute atomic E-state index is 0.0510. The lowest BCUT2D eigenvalue weighted by Crippen LogP contribution is -2.65. The van der Waals surface area contributed by atoms with Crippen LogP contribution in [0.25, 0.3) is 0 Å². The van der Waals surface area contributed by atoms with Gasteiger partial charge in [-0.15, -0.1) is 0 Å². The molecular formula is C18H30N4O2. The zero-order chi connectivity index (χ0) is 17.5. The van der Waals surface area contributed by atoms with Crippen molar-refractivity contribution in [2.75, 3.05) is 13.1 Å². The number of nitrogens with one attached hydrogen (secondary N) is 1. The summed E-state index contributed by atoms with van der Waals surface area (Å²) >= 11 is 0. The first-order chi connectivity index (χ1) is 11.4. The van der Waals surface area contributed by atoms with Crippen molar-refractivity contribution in [1.29, 1.82) is 0 Å². The number of aryl methyl sites for hydroxylation is 1. The molecule has 1 saturated carbocycles. The Hall–Kier alpha value is -1.40. The molecule has 134 valence electrons. The van der Waals surface area contributed by atoms with Gasteiger partial charge in [-0.1, -0.05) is 20.8 Å². The second-order valence-corrected chi connectivity index (χ2v) is 7.87. The van der Waals surface area contributed by atoms with Crippen LogP contribution in [0.1, 0.15) is 39.4 Å². The highest BCUT2D eigenvalue weighted by molar-refractivity contribution is 5.76. The molecule has 1 saturated heterocycles. The smallest absolute Gasteiger partial charge is 0.240 e. The van der Waals surface area contributed by atoms with Crippen LogP contribution in [-0.4, -0.2) is 56.7 Å². The summed E-state index contributed by atoms with van der Waals surface area (Å²) in [4.78, 5) is 19.0. The summed E-state index contributed by atoms with van der Waals surface area (Å²) in [5, 5.41) is 13.6. The Morgan fingerprint density at radius 3 is 2.83 bits per heavy atom. The number of carbonyl (C=O) groups is 1. The van der Waals surface area contributed by atoms with E-state index in [9.17, 15) is 9.90 Å². The Bertz CT molecular complexity index is 600. The van der Waals surface area contributed by atoms with Gasteiger partial charge in [0.05, 0.1) is 12.1 Å². The maximum Gasteiger partial charge on any atom is 0.240 e. The topological polar surface area (TPSA) is 70.4 Å². The van der Waals surface area contributed by atoms with Crippen LogP contribution in [0.2, 0.25) is 0 Å². The Morgan fingerprint density at radius 2 is 2.25 bits per heavy atom. The molecule has 6 nitrogen and oxygen atoms in total. The molecule has 1 amide bonds. The number of hydrogen-bond donors (Lipinski definition) is 2. The Balaban J connectivity index is 1.62. The second-order valence-electron chi connectivity index (χ2n) is 7.87. The number of rotatable bonds is 5. The molecule has 0 bridgehead atoms. The van der Waals surface area contributed by atoms with Crippen molar-refractivity contribution in [3.05, 3.63) is 18.2 Å². The van der Waals surface area contributed by atoms with Crippen molar-refractivity contribution >= 4 is 5.91 Å². The van der Waals surface area contributed by atoms with E-state index >= 15 is 0 Å². The van der Waals surface area contributed by atoms with Crippen molar-refractivity contribution in [3.8, 4) is 0 Å². The first-order valence-electron chi connectivity index (χ1n) is 9.05. The summed E-state index contributed by atoms with van der Waals surface area (Å²) in [5.74, 6) is 1.34. The van der Waals surface area contributed by atoms with Crippen LogP contribution < -0.4 is 5.32 Å². The largest absolute Gasteiger partial charge is 0.391 e. The molecule has 2 aliphatic rings. The van der Waals surface area contributed by atoms with Gasteiger partial charge in [0.15, 0.2) is 0 Å². The molecule has 1 aliphatic carbocycles.